The molecule has 2 aromatic heterocycles. The number of hydrogen-bond donors (Lipinski definition) is 2. The zero-order valence-electron chi connectivity index (χ0n) is 7.15. The molecule has 4 N–H and O–H groups in total. The van der Waals surface area contributed by atoms with Crippen molar-refractivity contribution in [2.24, 2.45) is 0 Å². The molecule has 13 heavy (non-hydrogen) atoms. The Hall–Kier alpha value is -1.91. The van der Waals surface area contributed by atoms with Crippen molar-refractivity contribution in [2.75, 3.05) is 11.5 Å². The van der Waals surface area contributed by atoms with E-state index in [0.29, 0.717) is 16.9 Å². The Morgan fingerprint density at radius 2 is 2.00 bits per heavy atom. The van der Waals surface area contributed by atoms with E-state index in [1.54, 1.807) is 6.20 Å². The van der Waals surface area contributed by atoms with Crippen molar-refractivity contribution in [1.82, 2.24) is 15.0 Å². The van der Waals surface area contributed by atoms with Gasteiger partial charge in [0.2, 0.25) is 5.95 Å². The normalized spacial score (nSPS) is 10.5. The average Bonchev–Trinajstić information content (AvgIpc) is 2.02. The van der Waals surface area contributed by atoms with Gasteiger partial charge in [0.05, 0.1) is 5.52 Å². The second-order valence-electron chi connectivity index (χ2n) is 2.85. The van der Waals surface area contributed by atoms with E-state index >= 15 is 0 Å². The van der Waals surface area contributed by atoms with E-state index < -0.39 is 0 Å². The standard InChI is InChI=1S/C8H9N5/c1-4-2-5-6(11-3-4)7(9)13-8(10)12-5/h2-3H,1H3,(H4,9,10,12,13). The Labute approximate surface area is 74.8 Å². The second kappa shape index (κ2) is 2.55. The highest BCUT2D eigenvalue weighted by Crippen LogP contribution is 2.16. The minimum absolute atomic E-state index is 0.178. The molecule has 0 spiro atoms. The number of hydrogen-bond acceptors (Lipinski definition) is 5. The van der Waals surface area contributed by atoms with E-state index in [1.165, 1.54) is 0 Å². The maximum atomic E-state index is 5.61. The van der Waals surface area contributed by atoms with Crippen LogP contribution in [0.3, 0.4) is 0 Å². The van der Waals surface area contributed by atoms with Crippen LogP contribution in [0.25, 0.3) is 11.0 Å². The molecular weight excluding hydrogens is 166 g/mol. The van der Waals surface area contributed by atoms with Crippen LogP contribution in [0.2, 0.25) is 0 Å². The van der Waals surface area contributed by atoms with Gasteiger partial charge in [-0.1, -0.05) is 0 Å². The summed E-state index contributed by atoms with van der Waals surface area (Å²) in [5, 5.41) is 0. The van der Waals surface area contributed by atoms with Crippen molar-refractivity contribution >= 4 is 22.8 Å². The smallest absolute Gasteiger partial charge is 0.222 e. The quantitative estimate of drug-likeness (QED) is 0.608. The molecule has 0 saturated carbocycles. The fourth-order valence-electron chi connectivity index (χ4n) is 1.16. The van der Waals surface area contributed by atoms with Gasteiger partial charge in [0.15, 0.2) is 5.82 Å². The summed E-state index contributed by atoms with van der Waals surface area (Å²) in [7, 11) is 0. The first-order valence-corrected chi connectivity index (χ1v) is 3.82. The number of fused-ring (bicyclic) bond motifs is 1. The highest BCUT2D eigenvalue weighted by molar-refractivity contribution is 5.84. The van der Waals surface area contributed by atoms with Gasteiger partial charge >= 0.3 is 0 Å². The van der Waals surface area contributed by atoms with E-state index in [9.17, 15) is 0 Å². The molecule has 0 amide bonds. The fourth-order valence-corrected chi connectivity index (χ4v) is 1.16. The van der Waals surface area contributed by atoms with Crippen molar-refractivity contribution in [2.45, 2.75) is 6.92 Å². The van der Waals surface area contributed by atoms with Crippen LogP contribution in [0, 0.1) is 6.92 Å². The molecule has 0 fully saturated rings. The van der Waals surface area contributed by atoms with Gasteiger partial charge < -0.3 is 11.5 Å². The van der Waals surface area contributed by atoms with E-state index in [4.69, 9.17) is 11.5 Å². The molecule has 0 aromatic carbocycles. The molecule has 0 saturated heterocycles. The zero-order chi connectivity index (χ0) is 9.42. The molecule has 2 aromatic rings. The molecule has 0 radical (unpaired) electrons. The molecule has 2 rings (SSSR count). The van der Waals surface area contributed by atoms with Gasteiger partial charge in [0.1, 0.15) is 5.52 Å². The lowest BCUT2D eigenvalue weighted by Crippen LogP contribution is -2.01. The van der Waals surface area contributed by atoms with Crippen LogP contribution in [0.4, 0.5) is 11.8 Å². The SMILES string of the molecule is Cc1cnc2c(N)nc(N)nc2c1. The molecule has 0 aliphatic heterocycles. The van der Waals surface area contributed by atoms with Gasteiger partial charge in [-0.25, -0.2) is 4.98 Å². The van der Waals surface area contributed by atoms with Gasteiger partial charge in [-0.2, -0.15) is 4.98 Å². The summed E-state index contributed by atoms with van der Waals surface area (Å²) in [6.07, 6.45) is 1.72. The second-order valence-corrected chi connectivity index (χ2v) is 2.85. The highest BCUT2D eigenvalue weighted by atomic mass is 15.0. The lowest BCUT2D eigenvalue weighted by atomic mass is 10.2. The third-order valence-electron chi connectivity index (χ3n) is 1.72. The van der Waals surface area contributed by atoms with Crippen LogP contribution in [0.15, 0.2) is 12.3 Å². The van der Waals surface area contributed by atoms with Crippen molar-refractivity contribution in [3.05, 3.63) is 17.8 Å². The fraction of sp³-hybridized carbons (Fsp3) is 0.125. The Bertz CT molecular complexity index is 460. The van der Waals surface area contributed by atoms with Crippen LogP contribution in [-0.2, 0) is 0 Å². The third kappa shape index (κ3) is 1.24. The Kier molecular flexibility index (Phi) is 1.51. The number of rotatable bonds is 0. The maximum Gasteiger partial charge on any atom is 0.222 e. The first-order valence-electron chi connectivity index (χ1n) is 3.82. The Morgan fingerprint density at radius 1 is 1.23 bits per heavy atom. The molecule has 0 atom stereocenters. The molecule has 5 nitrogen and oxygen atoms in total. The predicted molar refractivity (Wildman–Crippen MR) is 50.9 cm³/mol. The van der Waals surface area contributed by atoms with Crippen molar-refractivity contribution in [3.63, 3.8) is 0 Å². The largest absolute Gasteiger partial charge is 0.382 e. The van der Waals surface area contributed by atoms with Gasteiger partial charge in [-0.05, 0) is 18.6 Å². The number of nitrogen functional groups attached to an aromatic ring is 2. The van der Waals surface area contributed by atoms with Crippen LogP contribution >= 0.6 is 0 Å². The molecule has 5 heteroatoms. The van der Waals surface area contributed by atoms with Crippen molar-refractivity contribution < 1.29 is 0 Å². The lowest BCUT2D eigenvalue weighted by molar-refractivity contribution is 1.21. The summed E-state index contributed by atoms with van der Waals surface area (Å²) in [5.41, 5.74) is 13.4. The minimum atomic E-state index is 0.178. The average molecular weight is 175 g/mol. The van der Waals surface area contributed by atoms with E-state index in [0.717, 1.165) is 5.56 Å². The number of pyridine rings is 1. The van der Waals surface area contributed by atoms with Crippen LogP contribution in [-0.4, -0.2) is 15.0 Å². The predicted octanol–water partition coefficient (Wildman–Crippen LogP) is 0.498. The molecule has 0 unspecified atom stereocenters. The molecular formula is C8H9N5. The number of nitrogens with two attached hydrogens (primary N) is 2. The maximum absolute atomic E-state index is 5.61. The Morgan fingerprint density at radius 3 is 2.77 bits per heavy atom. The molecule has 2 heterocycles. The van der Waals surface area contributed by atoms with E-state index in [-0.39, 0.29) is 5.95 Å². The van der Waals surface area contributed by atoms with Crippen molar-refractivity contribution in [1.29, 1.82) is 0 Å². The topological polar surface area (TPSA) is 90.7 Å². The molecule has 66 valence electrons. The Balaban J connectivity index is 2.86. The number of aryl methyl sites for hydroxylation is 1. The first kappa shape index (κ1) is 7.72. The summed E-state index contributed by atoms with van der Waals surface area (Å²) in [6, 6.07) is 1.87. The van der Waals surface area contributed by atoms with Crippen LogP contribution in [0.5, 0.6) is 0 Å². The third-order valence-corrected chi connectivity index (χ3v) is 1.72. The van der Waals surface area contributed by atoms with Crippen LogP contribution in [0.1, 0.15) is 5.56 Å². The van der Waals surface area contributed by atoms with Gasteiger partial charge in [-0.3, -0.25) is 4.98 Å². The monoisotopic (exact) mass is 175 g/mol. The molecule has 0 bridgehead atoms. The number of aromatic nitrogens is 3. The lowest BCUT2D eigenvalue weighted by Gasteiger charge is -2.01. The van der Waals surface area contributed by atoms with Gasteiger partial charge in [-0.15, -0.1) is 0 Å². The number of anilines is 2. The summed E-state index contributed by atoms with van der Waals surface area (Å²) >= 11 is 0. The summed E-state index contributed by atoms with van der Waals surface area (Å²) in [6.45, 7) is 1.93. The molecule has 0 aliphatic carbocycles. The van der Waals surface area contributed by atoms with Gasteiger partial charge in [0, 0.05) is 6.20 Å². The van der Waals surface area contributed by atoms with E-state index in [1.807, 2.05) is 13.0 Å². The summed E-state index contributed by atoms with van der Waals surface area (Å²) in [5.74, 6) is 0.500. The molecule has 0 aliphatic rings. The summed E-state index contributed by atoms with van der Waals surface area (Å²) in [4.78, 5) is 12.0. The summed E-state index contributed by atoms with van der Waals surface area (Å²) < 4.78 is 0. The highest BCUT2D eigenvalue weighted by Gasteiger charge is 2.03. The minimum Gasteiger partial charge on any atom is -0.382 e. The van der Waals surface area contributed by atoms with Crippen LogP contribution < -0.4 is 11.5 Å². The van der Waals surface area contributed by atoms with E-state index in [2.05, 4.69) is 15.0 Å². The number of nitrogens with zero attached hydrogens (tertiary/aromatic N) is 3. The zero-order valence-corrected chi connectivity index (χ0v) is 7.15. The van der Waals surface area contributed by atoms with Gasteiger partial charge in [0.25, 0.3) is 0 Å². The first-order chi connectivity index (χ1) is 6.16. The van der Waals surface area contributed by atoms with Crippen molar-refractivity contribution in [3.8, 4) is 0 Å².